The Morgan fingerprint density at radius 2 is 1.69 bits per heavy atom. The van der Waals surface area contributed by atoms with Gasteiger partial charge >= 0.3 is 0 Å². The molecule has 0 radical (unpaired) electrons. The zero-order valence-electron chi connectivity index (χ0n) is 9.88. The fraction of sp³-hybridized carbons (Fsp3) is 0.467. The summed E-state index contributed by atoms with van der Waals surface area (Å²) in [5.74, 6) is 0. The molecule has 1 saturated carbocycles. The molecule has 0 amide bonds. The minimum absolute atomic E-state index is 0.436. The summed E-state index contributed by atoms with van der Waals surface area (Å²) in [6.45, 7) is 2.39. The van der Waals surface area contributed by atoms with Gasteiger partial charge in [0.2, 0.25) is 0 Å². The Morgan fingerprint density at radius 3 is 2.31 bits per heavy atom. The molecule has 1 fully saturated rings. The summed E-state index contributed by atoms with van der Waals surface area (Å²) in [5.41, 5.74) is 1.74. The van der Waals surface area contributed by atoms with Gasteiger partial charge in [0.15, 0.2) is 0 Å². The van der Waals surface area contributed by atoms with Crippen LogP contribution in [0.25, 0.3) is 6.08 Å². The van der Waals surface area contributed by atoms with E-state index in [9.17, 15) is 0 Å². The summed E-state index contributed by atoms with van der Waals surface area (Å²) in [5, 5.41) is 0. The predicted octanol–water partition coefficient (Wildman–Crippen LogP) is 5.43. The van der Waals surface area contributed by atoms with Gasteiger partial charge in [-0.1, -0.05) is 66.4 Å². The fourth-order valence-electron chi connectivity index (χ4n) is 2.40. The molecule has 1 aromatic carbocycles. The van der Waals surface area contributed by atoms with Crippen LogP contribution in [0.5, 0.6) is 0 Å². The maximum Gasteiger partial charge on any atom is 0.0175 e. The molecule has 0 aliphatic heterocycles. The highest BCUT2D eigenvalue weighted by molar-refractivity contribution is 9.10. The van der Waals surface area contributed by atoms with E-state index in [0.29, 0.717) is 5.41 Å². The van der Waals surface area contributed by atoms with E-state index in [0.717, 1.165) is 4.47 Å². The molecule has 1 heteroatoms. The molecule has 0 spiro atoms. The number of benzene rings is 1. The average Bonchev–Trinajstić information content (AvgIpc) is 2.29. The van der Waals surface area contributed by atoms with Crippen LogP contribution in [0.4, 0.5) is 0 Å². The highest BCUT2D eigenvalue weighted by Gasteiger charge is 2.23. The molecule has 0 nitrogen and oxygen atoms in total. The van der Waals surface area contributed by atoms with E-state index in [4.69, 9.17) is 0 Å². The lowest BCUT2D eigenvalue weighted by atomic mass is 9.75. The fourth-order valence-corrected chi connectivity index (χ4v) is 2.66. The molecular formula is C15H19Br. The van der Waals surface area contributed by atoms with Gasteiger partial charge in [0.25, 0.3) is 0 Å². The van der Waals surface area contributed by atoms with Crippen molar-refractivity contribution in [3.63, 3.8) is 0 Å². The van der Waals surface area contributed by atoms with E-state index in [1.54, 1.807) is 0 Å². The van der Waals surface area contributed by atoms with Gasteiger partial charge in [0.05, 0.1) is 0 Å². The van der Waals surface area contributed by atoms with Crippen LogP contribution in [0.3, 0.4) is 0 Å². The van der Waals surface area contributed by atoms with Crippen LogP contribution in [0, 0.1) is 5.41 Å². The molecule has 16 heavy (non-hydrogen) atoms. The third-order valence-corrected chi connectivity index (χ3v) is 4.07. The van der Waals surface area contributed by atoms with E-state index in [-0.39, 0.29) is 0 Å². The van der Waals surface area contributed by atoms with Crippen molar-refractivity contribution in [1.29, 1.82) is 0 Å². The topological polar surface area (TPSA) is 0 Å². The van der Waals surface area contributed by atoms with Gasteiger partial charge in [-0.25, -0.2) is 0 Å². The molecule has 1 aromatic rings. The molecule has 1 aliphatic rings. The van der Waals surface area contributed by atoms with Crippen molar-refractivity contribution in [2.75, 3.05) is 0 Å². The molecule has 0 bridgehead atoms. The average molecular weight is 279 g/mol. The number of rotatable bonds is 2. The molecule has 0 aromatic heterocycles. The Labute approximate surface area is 107 Å². The summed E-state index contributed by atoms with van der Waals surface area (Å²) >= 11 is 3.46. The first-order valence-electron chi connectivity index (χ1n) is 6.13. The van der Waals surface area contributed by atoms with Gasteiger partial charge in [0, 0.05) is 4.47 Å². The van der Waals surface area contributed by atoms with Crippen LogP contribution < -0.4 is 0 Å². The molecule has 1 aliphatic carbocycles. The molecular weight excluding hydrogens is 260 g/mol. The minimum Gasteiger partial charge on any atom is -0.0780 e. The van der Waals surface area contributed by atoms with Crippen molar-refractivity contribution in [3.05, 3.63) is 40.4 Å². The second-order valence-corrected chi connectivity index (χ2v) is 6.02. The normalized spacial score (nSPS) is 20.1. The minimum atomic E-state index is 0.436. The van der Waals surface area contributed by atoms with Crippen LogP contribution in [0.2, 0.25) is 0 Å². The van der Waals surface area contributed by atoms with Crippen LogP contribution in [0.1, 0.15) is 44.6 Å². The molecule has 86 valence electrons. The maximum absolute atomic E-state index is 3.46. The highest BCUT2D eigenvalue weighted by atomic mass is 79.9. The molecule has 0 heterocycles. The largest absolute Gasteiger partial charge is 0.0780 e. The second kappa shape index (κ2) is 5.18. The van der Waals surface area contributed by atoms with Crippen molar-refractivity contribution >= 4 is 22.0 Å². The quantitative estimate of drug-likeness (QED) is 0.677. The third kappa shape index (κ3) is 3.21. The second-order valence-electron chi connectivity index (χ2n) is 5.10. The van der Waals surface area contributed by atoms with Gasteiger partial charge in [-0.15, -0.1) is 0 Å². The van der Waals surface area contributed by atoms with Crippen LogP contribution in [-0.2, 0) is 0 Å². The Bertz CT molecular complexity index is 356. The van der Waals surface area contributed by atoms with E-state index in [1.165, 1.54) is 37.7 Å². The summed E-state index contributed by atoms with van der Waals surface area (Å²) in [7, 11) is 0. The summed E-state index contributed by atoms with van der Waals surface area (Å²) < 4.78 is 1.15. The predicted molar refractivity (Wildman–Crippen MR) is 74.4 cm³/mol. The third-order valence-electron chi connectivity index (χ3n) is 3.54. The van der Waals surface area contributed by atoms with Crippen molar-refractivity contribution in [1.82, 2.24) is 0 Å². The van der Waals surface area contributed by atoms with Crippen LogP contribution >= 0.6 is 15.9 Å². The standard InChI is InChI=1S/C15H19Br/c1-15(10-3-2-4-11-15)12-9-13-5-7-14(16)8-6-13/h5-9,12H,2-4,10-11H2,1H3/b12-9-. The zero-order chi connectivity index (χ0) is 11.4. The van der Waals surface area contributed by atoms with Crippen LogP contribution in [-0.4, -0.2) is 0 Å². The van der Waals surface area contributed by atoms with Crippen molar-refractivity contribution < 1.29 is 0 Å². The van der Waals surface area contributed by atoms with E-state index < -0.39 is 0 Å². The summed E-state index contributed by atoms with van der Waals surface area (Å²) in [6.07, 6.45) is 11.6. The number of halogens is 1. The monoisotopic (exact) mass is 278 g/mol. The van der Waals surface area contributed by atoms with E-state index in [2.05, 4.69) is 59.3 Å². The first kappa shape index (κ1) is 11.9. The number of allylic oxidation sites excluding steroid dienone is 1. The number of hydrogen-bond donors (Lipinski definition) is 0. The molecule has 0 atom stereocenters. The lowest BCUT2D eigenvalue weighted by molar-refractivity contribution is 0.287. The molecule has 0 N–H and O–H groups in total. The molecule has 0 saturated heterocycles. The Balaban J connectivity index is 2.05. The first-order valence-corrected chi connectivity index (χ1v) is 6.92. The van der Waals surface area contributed by atoms with Gasteiger partial charge in [-0.2, -0.15) is 0 Å². The molecule has 2 rings (SSSR count). The first-order chi connectivity index (χ1) is 7.68. The zero-order valence-corrected chi connectivity index (χ0v) is 11.5. The smallest absolute Gasteiger partial charge is 0.0175 e. The number of hydrogen-bond acceptors (Lipinski definition) is 0. The van der Waals surface area contributed by atoms with Crippen molar-refractivity contribution in [2.45, 2.75) is 39.0 Å². The SMILES string of the molecule is CC1(/C=C\c2ccc(Br)cc2)CCCCC1. The Morgan fingerprint density at radius 1 is 1.06 bits per heavy atom. The lowest BCUT2D eigenvalue weighted by Gasteiger charge is -2.30. The Hall–Kier alpha value is -0.560. The lowest BCUT2D eigenvalue weighted by Crippen LogP contribution is -2.16. The van der Waals surface area contributed by atoms with Crippen LogP contribution in [0.15, 0.2) is 34.8 Å². The van der Waals surface area contributed by atoms with Gasteiger partial charge < -0.3 is 0 Å². The Kier molecular flexibility index (Phi) is 3.86. The van der Waals surface area contributed by atoms with Gasteiger partial charge in [0.1, 0.15) is 0 Å². The molecule has 0 unspecified atom stereocenters. The van der Waals surface area contributed by atoms with E-state index in [1.807, 2.05) is 0 Å². The van der Waals surface area contributed by atoms with Gasteiger partial charge in [-0.05, 0) is 36.0 Å². The maximum atomic E-state index is 3.46. The summed E-state index contributed by atoms with van der Waals surface area (Å²) in [6, 6.07) is 8.52. The van der Waals surface area contributed by atoms with Crippen molar-refractivity contribution in [3.8, 4) is 0 Å². The van der Waals surface area contributed by atoms with Crippen molar-refractivity contribution in [2.24, 2.45) is 5.41 Å². The summed E-state index contributed by atoms with van der Waals surface area (Å²) in [4.78, 5) is 0. The van der Waals surface area contributed by atoms with E-state index >= 15 is 0 Å². The van der Waals surface area contributed by atoms with Gasteiger partial charge in [-0.3, -0.25) is 0 Å². The highest BCUT2D eigenvalue weighted by Crippen LogP contribution is 2.37.